The third-order valence-corrected chi connectivity index (χ3v) is 6.34. The van der Waals surface area contributed by atoms with Gasteiger partial charge in [-0.2, -0.15) is 0 Å². The number of hydrogen-bond donors (Lipinski definition) is 0. The van der Waals surface area contributed by atoms with E-state index in [1.165, 1.54) is 14.7 Å². The van der Waals surface area contributed by atoms with E-state index >= 15 is 0 Å². The van der Waals surface area contributed by atoms with Gasteiger partial charge in [0.1, 0.15) is 0 Å². The normalized spacial score (nSPS) is 12.0. The Bertz CT molecular complexity index is 1380. The maximum Gasteiger partial charge on any atom is 0.261 e. The topological polar surface area (TPSA) is 39.1 Å². The summed E-state index contributed by atoms with van der Waals surface area (Å²) in [5, 5.41) is 5.44. The molecule has 0 unspecified atom stereocenters. The maximum absolute atomic E-state index is 13.0. The van der Waals surface area contributed by atoms with E-state index in [4.69, 9.17) is 0 Å². The van der Waals surface area contributed by atoms with E-state index in [0.717, 1.165) is 33.7 Å². The zero-order chi connectivity index (χ0) is 17.8. The van der Waals surface area contributed by atoms with Crippen LogP contribution in [0.5, 0.6) is 0 Å². The second kappa shape index (κ2) is 5.64. The van der Waals surface area contributed by atoms with E-state index < -0.39 is 0 Å². The van der Waals surface area contributed by atoms with Crippen LogP contribution in [0, 0.1) is 0 Å². The molecule has 0 bridgehead atoms. The van der Waals surface area contributed by atoms with Gasteiger partial charge in [-0.05, 0) is 41.5 Å². The van der Waals surface area contributed by atoms with Gasteiger partial charge in [0, 0.05) is 37.5 Å². The molecular weight excluding hydrogens is 342 g/mol. The van der Waals surface area contributed by atoms with Gasteiger partial charge in [0.25, 0.3) is 11.1 Å². The minimum absolute atomic E-state index is 0.163. The Morgan fingerprint density at radius 2 is 1.46 bits per heavy atom. The van der Waals surface area contributed by atoms with Gasteiger partial charge in [-0.1, -0.05) is 37.6 Å². The Hall–Kier alpha value is -2.72. The van der Waals surface area contributed by atoms with Crippen LogP contribution in [0.2, 0.25) is 0 Å². The van der Waals surface area contributed by atoms with Gasteiger partial charge in [0.05, 0.1) is 0 Å². The summed E-state index contributed by atoms with van der Waals surface area (Å²) in [6, 6.07) is 16.1. The Balaban J connectivity index is 2.04. The van der Waals surface area contributed by atoms with Crippen molar-refractivity contribution < 1.29 is 0 Å². The average molecular weight is 359 g/mol. The second-order valence-electron chi connectivity index (χ2n) is 6.74. The molecule has 26 heavy (non-hydrogen) atoms. The third-order valence-electron chi connectivity index (χ3n) is 5.21. The molecule has 0 aliphatic heterocycles. The van der Waals surface area contributed by atoms with Crippen LogP contribution in [0.25, 0.3) is 41.7 Å². The van der Waals surface area contributed by atoms with Gasteiger partial charge in [0.15, 0.2) is 0 Å². The Labute approximate surface area is 153 Å². The van der Waals surface area contributed by atoms with Crippen molar-refractivity contribution in [1.29, 1.82) is 0 Å². The van der Waals surface area contributed by atoms with Crippen molar-refractivity contribution in [3.8, 4) is 0 Å². The van der Waals surface area contributed by atoms with Crippen LogP contribution >= 0.6 is 11.3 Å². The van der Waals surface area contributed by atoms with Crippen LogP contribution in [0.1, 0.15) is 19.8 Å². The van der Waals surface area contributed by atoms with Crippen molar-refractivity contribution >= 4 is 53.1 Å². The highest BCUT2D eigenvalue weighted by Gasteiger charge is 2.17. The van der Waals surface area contributed by atoms with Crippen molar-refractivity contribution in [2.75, 3.05) is 0 Å². The summed E-state index contributed by atoms with van der Waals surface area (Å²) < 4.78 is 3.73. The van der Waals surface area contributed by atoms with Crippen molar-refractivity contribution in [3.05, 3.63) is 69.2 Å². The van der Waals surface area contributed by atoms with Crippen molar-refractivity contribution in [1.82, 2.24) is 4.57 Å². The van der Waals surface area contributed by atoms with Crippen LogP contribution in [-0.2, 0) is 6.54 Å². The molecule has 0 aliphatic carbocycles. The van der Waals surface area contributed by atoms with Crippen molar-refractivity contribution in [2.24, 2.45) is 0 Å². The maximum atomic E-state index is 13.0. The summed E-state index contributed by atoms with van der Waals surface area (Å²) in [4.78, 5) is 26.0. The molecule has 2 aromatic heterocycles. The Morgan fingerprint density at radius 1 is 0.769 bits per heavy atom. The average Bonchev–Trinajstić information content (AvgIpc) is 2.67. The lowest BCUT2D eigenvalue weighted by atomic mass is 9.98. The van der Waals surface area contributed by atoms with Crippen LogP contribution in [0.3, 0.4) is 0 Å². The standard InChI is InChI=1S/C22H17NO2S/c1-2-3-12-23-21(24)15-9-8-14-13-6-4-5-7-17(13)26-18-11-10-16(22(23)25)19(15)20(14)18/h4-11H,2-3,12H2,1H3. The smallest absolute Gasteiger partial charge is 0.261 e. The second-order valence-corrected chi connectivity index (χ2v) is 7.82. The number of hydrogen-bond acceptors (Lipinski definition) is 3. The number of aromatic nitrogens is 1. The third kappa shape index (κ3) is 1.99. The number of nitrogens with zero attached hydrogens (tertiary/aromatic N) is 1. The van der Waals surface area contributed by atoms with Gasteiger partial charge >= 0.3 is 0 Å². The fourth-order valence-corrected chi connectivity index (χ4v) is 5.05. The van der Waals surface area contributed by atoms with Crippen molar-refractivity contribution in [3.63, 3.8) is 0 Å². The molecule has 0 amide bonds. The molecule has 0 spiro atoms. The molecule has 0 saturated carbocycles. The number of pyridine rings is 1. The van der Waals surface area contributed by atoms with Gasteiger partial charge in [0.2, 0.25) is 0 Å². The quantitative estimate of drug-likeness (QED) is 0.331. The Kier molecular flexibility index (Phi) is 3.37. The summed E-state index contributed by atoms with van der Waals surface area (Å²) in [6.07, 6.45) is 1.78. The van der Waals surface area contributed by atoms with Crippen LogP contribution in [0.4, 0.5) is 0 Å². The molecule has 5 aromatic rings. The number of benzene rings is 3. The highest BCUT2D eigenvalue weighted by Crippen LogP contribution is 2.39. The lowest BCUT2D eigenvalue weighted by Gasteiger charge is -2.14. The molecular formula is C22H17NO2S. The van der Waals surface area contributed by atoms with Gasteiger partial charge in [-0.25, -0.2) is 0 Å². The lowest BCUT2D eigenvalue weighted by Crippen LogP contribution is -2.33. The molecule has 2 heterocycles. The molecule has 0 aliphatic rings. The summed E-state index contributed by atoms with van der Waals surface area (Å²) >= 11 is 1.71. The predicted octanol–water partition coefficient (Wildman–Crippen LogP) is 5.12. The fraction of sp³-hybridized carbons (Fsp3) is 0.182. The van der Waals surface area contributed by atoms with Crippen LogP contribution in [-0.4, -0.2) is 4.57 Å². The fourth-order valence-electron chi connectivity index (χ4n) is 3.93. The van der Waals surface area contributed by atoms with Crippen LogP contribution in [0.15, 0.2) is 58.1 Å². The largest absolute Gasteiger partial charge is 0.274 e. The minimum Gasteiger partial charge on any atom is -0.274 e. The molecule has 0 N–H and O–H groups in total. The van der Waals surface area contributed by atoms with Gasteiger partial charge in [-0.15, -0.1) is 11.3 Å². The Morgan fingerprint density at radius 3 is 2.23 bits per heavy atom. The first-order valence-corrected chi connectivity index (χ1v) is 9.75. The minimum atomic E-state index is -0.163. The summed E-state index contributed by atoms with van der Waals surface area (Å²) in [5.41, 5.74) is -0.327. The zero-order valence-corrected chi connectivity index (χ0v) is 15.2. The number of fused-ring (bicyclic) bond motifs is 2. The molecule has 0 atom stereocenters. The molecule has 0 saturated heterocycles. The van der Waals surface area contributed by atoms with E-state index in [0.29, 0.717) is 17.3 Å². The molecule has 0 fully saturated rings. The van der Waals surface area contributed by atoms with Gasteiger partial charge < -0.3 is 0 Å². The summed E-state index contributed by atoms with van der Waals surface area (Å²) in [7, 11) is 0. The van der Waals surface area contributed by atoms with Crippen LogP contribution < -0.4 is 11.1 Å². The van der Waals surface area contributed by atoms with E-state index in [1.807, 2.05) is 36.4 Å². The first-order chi connectivity index (χ1) is 12.7. The summed E-state index contributed by atoms with van der Waals surface area (Å²) in [6.45, 7) is 2.54. The predicted molar refractivity (Wildman–Crippen MR) is 111 cm³/mol. The SMILES string of the molecule is CCCCn1c(=O)c2ccc3sc4ccccc4c4ccc(c1=O)c2c34. The molecule has 3 nitrogen and oxygen atoms in total. The molecule has 5 rings (SSSR count). The van der Waals surface area contributed by atoms with E-state index in [2.05, 4.69) is 19.1 Å². The first kappa shape index (κ1) is 15.5. The zero-order valence-electron chi connectivity index (χ0n) is 14.4. The van der Waals surface area contributed by atoms with E-state index in [1.54, 1.807) is 11.3 Å². The molecule has 0 radical (unpaired) electrons. The molecule has 128 valence electrons. The molecule has 3 aromatic carbocycles. The van der Waals surface area contributed by atoms with E-state index in [9.17, 15) is 9.59 Å². The number of rotatable bonds is 3. The molecule has 4 heteroatoms. The van der Waals surface area contributed by atoms with E-state index in [-0.39, 0.29) is 11.1 Å². The first-order valence-electron chi connectivity index (χ1n) is 8.94. The highest BCUT2D eigenvalue weighted by atomic mass is 32.1. The highest BCUT2D eigenvalue weighted by molar-refractivity contribution is 7.25. The summed E-state index contributed by atoms with van der Waals surface area (Å²) in [5.74, 6) is 0. The number of unbranched alkanes of at least 4 members (excludes halogenated alkanes) is 1. The van der Waals surface area contributed by atoms with Gasteiger partial charge in [-0.3, -0.25) is 14.2 Å². The monoisotopic (exact) mass is 359 g/mol. The lowest BCUT2D eigenvalue weighted by molar-refractivity contribution is 0.604. The van der Waals surface area contributed by atoms with Crippen molar-refractivity contribution in [2.45, 2.75) is 26.3 Å².